The van der Waals surface area contributed by atoms with Crippen molar-refractivity contribution in [3.63, 3.8) is 0 Å². The first-order valence-corrected chi connectivity index (χ1v) is 9.84. The zero-order chi connectivity index (χ0) is 22.8. The van der Waals surface area contributed by atoms with Crippen molar-refractivity contribution in [2.24, 2.45) is 0 Å². The number of carbonyl (C=O) groups excluding carboxylic acids is 1. The Bertz CT molecular complexity index is 977. The smallest absolute Gasteiger partial charge is 0.421 e. The molecule has 2 aromatic heterocycles. The second kappa shape index (κ2) is 8.94. The molecule has 3 rings (SSSR count). The number of nitrogens with one attached hydrogen (secondary N) is 1. The van der Waals surface area contributed by atoms with Gasteiger partial charge in [0.1, 0.15) is 11.7 Å². The van der Waals surface area contributed by atoms with Crippen molar-refractivity contribution in [2.75, 3.05) is 24.5 Å². The molecule has 11 heteroatoms. The Balaban J connectivity index is 1.58. The normalized spacial score (nSPS) is 18.1. The zero-order valence-electron chi connectivity index (χ0n) is 17.4. The molecular formula is C20H24F3N5O3. The minimum absolute atomic E-state index is 0.0388. The Labute approximate surface area is 177 Å². The largest absolute Gasteiger partial charge is 0.446 e. The van der Waals surface area contributed by atoms with Crippen LogP contribution < -0.4 is 10.5 Å². The summed E-state index contributed by atoms with van der Waals surface area (Å²) in [7, 11) is 0. The number of pyridine rings is 1. The second-order valence-corrected chi connectivity index (χ2v) is 7.70. The first-order valence-electron chi connectivity index (χ1n) is 9.84. The Morgan fingerprint density at radius 1 is 1.32 bits per heavy atom. The maximum absolute atomic E-state index is 12.9. The van der Waals surface area contributed by atoms with Gasteiger partial charge < -0.3 is 19.5 Å². The third-order valence-corrected chi connectivity index (χ3v) is 5.01. The number of rotatable bonds is 4. The van der Waals surface area contributed by atoms with Gasteiger partial charge in [0.05, 0.1) is 0 Å². The van der Waals surface area contributed by atoms with Crippen molar-refractivity contribution in [1.82, 2.24) is 19.9 Å². The fraction of sp³-hybridized carbons (Fsp3) is 0.500. The quantitative estimate of drug-likeness (QED) is 0.788. The number of alkyl halides is 3. The summed E-state index contributed by atoms with van der Waals surface area (Å²) in [6, 6.07) is 0.620. The summed E-state index contributed by atoms with van der Waals surface area (Å²) < 4.78 is 44.2. The summed E-state index contributed by atoms with van der Waals surface area (Å²) in [5.41, 5.74) is -1.30. The molecule has 168 valence electrons. The maximum atomic E-state index is 12.9. The molecule has 1 aliphatic rings. The molecule has 0 saturated carbocycles. The van der Waals surface area contributed by atoms with E-state index in [1.54, 1.807) is 24.2 Å². The van der Waals surface area contributed by atoms with Crippen molar-refractivity contribution in [3.8, 4) is 0 Å². The topological polar surface area (TPSA) is 91.4 Å². The fourth-order valence-electron chi connectivity index (χ4n) is 3.43. The molecule has 2 aromatic rings. The Kier molecular flexibility index (Phi) is 6.51. The van der Waals surface area contributed by atoms with Crippen LogP contribution in [0, 0.1) is 6.92 Å². The number of carbonyl (C=O) groups is 1. The number of aromatic nitrogens is 3. The van der Waals surface area contributed by atoms with Crippen LogP contribution in [0.1, 0.15) is 30.5 Å². The van der Waals surface area contributed by atoms with Crippen LogP contribution in [0.3, 0.4) is 0 Å². The molecular weight excluding hydrogens is 415 g/mol. The molecule has 0 spiro atoms. The molecule has 1 fully saturated rings. The number of aryl methyl sites for hydroxylation is 1. The van der Waals surface area contributed by atoms with Gasteiger partial charge in [-0.05, 0) is 38.0 Å². The molecule has 0 radical (unpaired) electrons. The van der Waals surface area contributed by atoms with Gasteiger partial charge in [0.15, 0.2) is 0 Å². The minimum Gasteiger partial charge on any atom is -0.446 e. The molecule has 8 nitrogen and oxygen atoms in total. The number of aromatic amines is 1. The van der Waals surface area contributed by atoms with Crippen molar-refractivity contribution in [2.45, 2.75) is 45.5 Å². The summed E-state index contributed by atoms with van der Waals surface area (Å²) >= 11 is 0. The number of hydrogen-bond donors (Lipinski definition) is 1. The van der Waals surface area contributed by atoms with Crippen molar-refractivity contribution in [1.29, 1.82) is 0 Å². The predicted octanol–water partition coefficient (Wildman–Crippen LogP) is 2.77. The van der Waals surface area contributed by atoms with Crippen LogP contribution in [-0.4, -0.2) is 57.7 Å². The van der Waals surface area contributed by atoms with E-state index in [2.05, 4.69) is 15.0 Å². The molecule has 1 aliphatic heterocycles. The maximum Gasteiger partial charge on any atom is 0.421 e. The van der Waals surface area contributed by atoms with Crippen LogP contribution in [0.5, 0.6) is 0 Å². The first-order chi connectivity index (χ1) is 14.5. The highest BCUT2D eigenvalue weighted by Gasteiger charge is 2.34. The molecule has 0 aromatic carbocycles. The third kappa shape index (κ3) is 5.53. The van der Waals surface area contributed by atoms with Crippen molar-refractivity contribution < 1.29 is 22.7 Å². The molecule has 1 amide bonds. The highest BCUT2D eigenvalue weighted by atomic mass is 19.4. The van der Waals surface area contributed by atoms with Gasteiger partial charge >= 0.3 is 12.3 Å². The molecule has 2 unspecified atom stereocenters. The SMILES string of the molecule is Cc1cnc(N2CCN(C(=O)OC(C)Cc3c[nH]c(=O)c(C(F)(F)F)c3)C(C)C2)nc1. The highest BCUT2D eigenvalue weighted by molar-refractivity contribution is 5.68. The zero-order valence-corrected chi connectivity index (χ0v) is 17.4. The van der Waals surface area contributed by atoms with Gasteiger partial charge in [-0.1, -0.05) is 0 Å². The number of hydrogen-bond acceptors (Lipinski definition) is 6. The van der Waals surface area contributed by atoms with Gasteiger partial charge in [-0.25, -0.2) is 14.8 Å². The summed E-state index contributed by atoms with van der Waals surface area (Å²) in [5.74, 6) is 0.595. The monoisotopic (exact) mass is 439 g/mol. The van der Waals surface area contributed by atoms with Crippen LogP contribution in [0.25, 0.3) is 0 Å². The molecule has 0 bridgehead atoms. The van der Waals surface area contributed by atoms with Gasteiger partial charge in [-0.15, -0.1) is 0 Å². The van der Waals surface area contributed by atoms with E-state index in [1.165, 1.54) is 6.20 Å². The van der Waals surface area contributed by atoms with Gasteiger partial charge in [-0.2, -0.15) is 13.2 Å². The van der Waals surface area contributed by atoms with Crippen LogP contribution in [0.2, 0.25) is 0 Å². The molecule has 2 atom stereocenters. The summed E-state index contributed by atoms with van der Waals surface area (Å²) in [4.78, 5) is 38.2. The minimum atomic E-state index is -4.75. The summed E-state index contributed by atoms with van der Waals surface area (Å²) in [5, 5.41) is 0. The number of halogens is 3. The average Bonchev–Trinajstić information content (AvgIpc) is 2.69. The number of H-pyrrole nitrogens is 1. The van der Waals surface area contributed by atoms with Gasteiger partial charge in [0.25, 0.3) is 5.56 Å². The number of amides is 1. The van der Waals surface area contributed by atoms with Crippen LogP contribution >= 0.6 is 0 Å². The Hall–Kier alpha value is -3.11. The standard InChI is InChI=1S/C20H24F3N5O3/c1-12-8-25-18(26-9-12)27-4-5-28(13(2)11-27)19(30)31-14(3)6-15-7-16(20(21,22)23)17(29)24-10-15/h7-10,13-14H,4-6,11H2,1-3H3,(H,24,29). The molecule has 3 heterocycles. The van der Waals surface area contributed by atoms with E-state index >= 15 is 0 Å². The van der Waals surface area contributed by atoms with Gasteiger partial charge in [0.2, 0.25) is 5.95 Å². The first kappa shape index (κ1) is 22.6. The lowest BCUT2D eigenvalue weighted by Crippen LogP contribution is -2.55. The lowest BCUT2D eigenvalue weighted by molar-refractivity contribution is -0.138. The van der Waals surface area contributed by atoms with Crippen LogP contribution in [-0.2, 0) is 17.3 Å². The van der Waals surface area contributed by atoms with E-state index in [1.807, 2.05) is 18.7 Å². The number of ether oxygens (including phenoxy) is 1. The van der Waals surface area contributed by atoms with E-state index in [0.717, 1.165) is 11.6 Å². The number of nitrogens with zero attached hydrogens (tertiary/aromatic N) is 4. The Morgan fingerprint density at radius 2 is 2.00 bits per heavy atom. The number of anilines is 1. The van der Waals surface area contributed by atoms with Crippen molar-refractivity contribution in [3.05, 3.63) is 51.7 Å². The summed E-state index contributed by atoms with van der Waals surface area (Å²) in [6.07, 6.45) is -1.26. The van der Waals surface area contributed by atoms with E-state index in [-0.39, 0.29) is 18.0 Å². The Morgan fingerprint density at radius 3 is 2.61 bits per heavy atom. The predicted molar refractivity (Wildman–Crippen MR) is 107 cm³/mol. The van der Waals surface area contributed by atoms with Gasteiger partial charge in [-0.3, -0.25) is 4.79 Å². The van der Waals surface area contributed by atoms with E-state index < -0.39 is 29.5 Å². The molecule has 0 aliphatic carbocycles. The van der Waals surface area contributed by atoms with Crippen molar-refractivity contribution >= 4 is 12.0 Å². The third-order valence-electron chi connectivity index (χ3n) is 5.01. The van der Waals surface area contributed by atoms with E-state index in [0.29, 0.717) is 25.6 Å². The van der Waals surface area contributed by atoms with Crippen LogP contribution in [0.4, 0.5) is 23.9 Å². The second-order valence-electron chi connectivity index (χ2n) is 7.70. The van der Waals surface area contributed by atoms with E-state index in [4.69, 9.17) is 4.74 Å². The molecule has 1 saturated heterocycles. The fourth-order valence-corrected chi connectivity index (χ4v) is 3.43. The number of piperazine rings is 1. The lowest BCUT2D eigenvalue weighted by Gasteiger charge is -2.39. The summed E-state index contributed by atoms with van der Waals surface area (Å²) in [6.45, 7) is 6.84. The molecule has 1 N–H and O–H groups in total. The van der Waals surface area contributed by atoms with Crippen LogP contribution in [0.15, 0.2) is 29.5 Å². The van der Waals surface area contributed by atoms with E-state index in [9.17, 15) is 22.8 Å². The highest BCUT2D eigenvalue weighted by Crippen LogP contribution is 2.27. The molecule has 31 heavy (non-hydrogen) atoms. The average molecular weight is 439 g/mol. The van der Waals surface area contributed by atoms with Gasteiger partial charge in [0, 0.05) is 50.7 Å². The lowest BCUT2D eigenvalue weighted by atomic mass is 10.1.